The van der Waals surface area contributed by atoms with E-state index in [1.165, 1.54) is 5.56 Å². The van der Waals surface area contributed by atoms with Crippen LogP contribution in [0.5, 0.6) is 5.75 Å². The van der Waals surface area contributed by atoms with Crippen molar-refractivity contribution in [1.82, 2.24) is 5.32 Å². The number of aryl methyl sites for hydroxylation is 1. The second-order valence-electron chi connectivity index (χ2n) is 6.58. The molecule has 0 aromatic heterocycles. The average Bonchev–Trinajstić information content (AvgIpc) is 2.69. The smallest absolute Gasteiger partial charge is 0.124 e. The predicted molar refractivity (Wildman–Crippen MR) is 113 cm³/mol. The van der Waals surface area contributed by atoms with Crippen LogP contribution in [0.3, 0.4) is 0 Å². The van der Waals surface area contributed by atoms with E-state index >= 15 is 0 Å². The second-order valence-corrected chi connectivity index (χ2v) is 7.50. The Kier molecular flexibility index (Phi) is 7.04. The van der Waals surface area contributed by atoms with Crippen molar-refractivity contribution >= 4 is 15.9 Å². The van der Waals surface area contributed by atoms with Crippen LogP contribution in [0, 0.1) is 6.92 Å². The normalized spacial score (nSPS) is 12.0. The fourth-order valence-electron chi connectivity index (χ4n) is 2.81. The van der Waals surface area contributed by atoms with Crippen LogP contribution in [0.4, 0.5) is 0 Å². The van der Waals surface area contributed by atoms with Crippen LogP contribution in [0.2, 0.25) is 0 Å². The third-order valence-corrected chi connectivity index (χ3v) is 4.87. The molecule has 1 unspecified atom stereocenters. The molecule has 0 radical (unpaired) electrons. The fraction of sp³-hybridized carbons (Fsp3) is 0.217. The molecule has 0 bridgehead atoms. The molecule has 4 heteroatoms. The number of benzene rings is 3. The summed E-state index contributed by atoms with van der Waals surface area (Å²) in [6, 6.07) is 24.0. The van der Waals surface area contributed by atoms with Crippen LogP contribution in [0.15, 0.2) is 77.3 Å². The van der Waals surface area contributed by atoms with Crippen molar-refractivity contribution in [3.05, 3.63) is 99.5 Å². The van der Waals surface area contributed by atoms with E-state index in [1.807, 2.05) is 48.5 Å². The first-order valence-corrected chi connectivity index (χ1v) is 9.81. The van der Waals surface area contributed by atoms with Crippen LogP contribution in [0.25, 0.3) is 0 Å². The third-order valence-electron chi connectivity index (χ3n) is 4.37. The van der Waals surface area contributed by atoms with Crippen LogP contribution >= 0.6 is 15.9 Å². The highest BCUT2D eigenvalue weighted by molar-refractivity contribution is 9.10. The van der Waals surface area contributed by atoms with Crippen molar-refractivity contribution in [2.45, 2.75) is 26.2 Å². The lowest BCUT2D eigenvalue weighted by atomic mass is 10.1. The average molecular weight is 426 g/mol. The Morgan fingerprint density at radius 3 is 2.48 bits per heavy atom. The van der Waals surface area contributed by atoms with Crippen molar-refractivity contribution in [1.29, 1.82) is 0 Å². The lowest BCUT2D eigenvalue weighted by Gasteiger charge is -2.15. The van der Waals surface area contributed by atoms with Gasteiger partial charge in [-0.2, -0.15) is 0 Å². The van der Waals surface area contributed by atoms with Gasteiger partial charge in [-0.1, -0.05) is 76.1 Å². The van der Waals surface area contributed by atoms with E-state index in [2.05, 4.69) is 52.4 Å². The molecule has 0 aliphatic carbocycles. The molecule has 3 aromatic carbocycles. The highest BCUT2D eigenvalue weighted by atomic mass is 79.9. The Morgan fingerprint density at radius 1 is 1.00 bits per heavy atom. The van der Waals surface area contributed by atoms with E-state index in [0.29, 0.717) is 19.7 Å². The summed E-state index contributed by atoms with van der Waals surface area (Å²) in [6.45, 7) is 3.70. The van der Waals surface area contributed by atoms with Gasteiger partial charge in [-0.15, -0.1) is 0 Å². The van der Waals surface area contributed by atoms with Crippen molar-refractivity contribution in [3.63, 3.8) is 0 Å². The first-order chi connectivity index (χ1) is 13.1. The van der Waals surface area contributed by atoms with Gasteiger partial charge >= 0.3 is 0 Å². The largest absolute Gasteiger partial charge is 0.489 e. The zero-order valence-electron chi connectivity index (χ0n) is 15.4. The summed E-state index contributed by atoms with van der Waals surface area (Å²) < 4.78 is 7.04. The number of aliphatic hydroxyl groups is 1. The fourth-order valence-corrected chi connectivity index (χ4v) is 3.22. The van der Waals surface area contributed by atoms with Gasteiger partial charge in [-0.3, -0.25) is 0 Å². The van der Waals surface area contributed by atoms with E-state index in [4.69, 9.17) is 4.74 Å². The number of halogens is 1. The summed E-state index contributed by atoms with van der Waals surface area (Å²) in [5.74, 6) is 0.848. The molecule has 3 nitrogen and oxygen atoms in total. The molecule has 2 N–H and O–H groups in total. The maximum absolute atomic E-state index is 10.3. The lowest BCUT2D eigenvalue weighted by molar-refractivity contribution is 0.174. The minimum absolute atomic E-state index is 0.480. The van der Waals surface area contributed by atoms with Gasteiger partial charge in [-0.05, 0) is 36.2 Å². The van der Waals surface area contributed by atoms with Gasteiger partial charge in [0.05, 0.1) is 6.10 Å². The molecule has 1 atom stereocenters. The quantitative estimate of drug-likeness (QED) is 0.523. The summed E-state index contributed by atoms with van der Waals surface area (Å²) in [5.41, 5.74) is 4.35. The molecule has 0 saturated carbocycles. The SMILES string of the molecule is Cc1ccc(COc2ccc(Br)cc2CNCC(O)c2ccccc2)cc1. The molecule has 0 aliphatic heterocycles. The molecule has 0 saturated heterocycles. The first-order valence-electron chi connectivity index (χ1n) is 9.02. The van der Waals surface area contributed by atoms with E-state index in [0.717, 1.165) is 26.9 Å². The molecular formula is C23H24BrNO2. The summed E-state index contributed by atoms with van der Waals surface area (Å²) in [5, 5.41) is 13.6. The Bertz CT molecular complexity index is 850. The Balaban J connectivity index is 1.59. The number of hydrogen-bond acceptors (Lipinski definition) is 3. The van der Waals surface area contributed by atoms with E-state index in [-0.39, 0.29) is 0 Å². The summed E-state index contributed by atoms with van der Waals surface area (Å²) >= 11 is 3.53. The van der Waals surface area contributed by atoms with E-state index in [1.54, 1.807) is 0 Å². The second kappa shape index (κ2) is 9.70. The van der Waals surface area contributed by atoms with Gasteiger partial charge in [-0.25, -0.2) is 0 Å². The number of aliphatic hydroxyl groups excluding tert-OH is 1. The van der Waals surface area contributed by atoms with Crippen LogP contribution in [0.1, 0.15) is 28.4 Å². The molecule has 0 fully saturated rings. The van der Waals surface area contributed by atoms with Gasteiger partial charge in [0.25, 0.3) is 0 Å². The highest BCUT2D eigenvalue weighted by Gasteiger charge is 2.09. The first kappa shape index (κ1) is 19.6. The number of hydrogen-bond donors (Lipinski definition) is 2. The minimum Gasteiger partial charge on any atom is -0.489 e. The number of rotatable bonds is 8. The Morgan fingerprint density at radius 2 is 1.74 bits per heavy atom. The maximum atomic E-state index is 10.3. The van der Waals surface area contributed by atoms with Gasteiger partial charge < -0.3 is 15.2 Å². The zero-order valence-corrected chi connectivity index (χ0v) is 16.9. The van der Waals surface area contributed by atoms with Gasteiger partial charge in [0, 0.05) is 23.1 Å². The standard InChI is InChI=1S/C23H24BrNO2/c1-17-7-9-18(10-8-17)16-27-23-12-11-21(24)13-20(23)14-25-15-22(26)19-5-3-2-4-6-19/h2-13,22,25-26H,14-16H2,1H3. The highest BCUT2D eigenvalue weighted by Crippen LogP contribution is 2.24. The van der Waals surface area contributed by atoms with Crippen molar-refractivity contribution < 1.29 is 9.84 Å². The lowest BCUT2D eigenvalue weighted by Crippen LogP contribution is -2.21. The summed E-state index contributed by atoms with van der Waals surface area (Å²) in [4.78, 5) is 0. The van der Waals surface area contributed by atoms with E-state index in [9.17, 15) is 5.11 Å². The van der Waals surface area contributed by atoms with Crippen LogP contribution in [-0.2, 0) is 13.2 Å². The molecule has 27 heavy (non-hydrogen) atoms. The monoisotopic (exact) mass is 425 g/mol. The van der Waals surface area contributed by atoms with Gasteiger partial charge in [0.15, 0.2) is 0 Å². The van der Waals surface area contributed by atoms with E-state index < -0.39 is 6.10 Å². The predicted octanol–water partition coefficient (Wildman–Crippen LogP) is 5.16. The third kappa shape index (κ3) is 5.93. The molecule has 0 heterocycles. The van der Waals surface area contributed by atoms with Crippen LogP contribution < -0.4 is 10.1 Å². The minimum atomic E-state index is -0.532. The Hall–Kier alpha value is -2.14. The van der Waals surface area contributed by atoms with Crippen molar-refractivity contribution in [3.8, 4) is 5.75 Å². The molecular weight excluding hydrogens is 402 g/mol. The van der Waals surface area contributed by atoms with Crippen molar-refractivity contribution in [2.75, 3.05) is 6.54 Å². The molecule has 140 valence electrons. The summed E-state index contributed by atoms with van der Waals surface area (Å²) in [6.07, 6.45) is -0.532. The van der Waals surface area contributed by atoms with Gasteiger partial charge in [0.2, 0.25) is 0 Å². The molecule has 3 aromatic rings. The topological polar surface area (TPSA) is 41.5 Å². The Labute approximate surface area is 169 Å². The molecule has 0 spiro atoms. The molecule has 0 amide bonds. The summed E-state index contributed by atoms with van der Waals surface area (Å²) in [7, 11) is 0. The van der Waals surface area contributed by atoms with Crippen LogP contribution in [-0.4, -0.2) is 11.7 Å². The maximum Gasteiger partial charge on any atom is 0.124 e. The molecule has 3 rings (SSSR count). The molecule has 0 aliphatic rings. The van der Waals surface area contributed by atoms with Crippen molar-refractivity contribution in [2.24, 2.45) is 0 Å². The number of nitrogens with one attached hydrogen (secondary N) is 1. The zero-order chi connectivity index (χ0) is 19.1. The van der Waals surface area contributed by atoms with Gasteiger partial charge in [0.1, 0.15) is 12.4 Å². The number of ether oxygens (including phenoxy) is 1.